The molecule has 1 amide bonds. The van der Waals surface area contributed by atoms with Crippen LogP contribution in [0.2, 0.25) is 4.34 Å². The number of hydrogen-bond acceptors (Lipinski definition) is 5. The average Bonchev–Trinajstić information content (AvgIpc) is 3.13. The minimum Gasteiger partial charge on any atom is -0.286 e. The summed E-state index contributed by atoms with van der Waals surface area (Å²) in [5.41, 5.74) is 0.864. The molecule has 1 fully saturated rings. The van der Waals surface area contributed by atoms with E-state index < -0.39 is 10.0 Å². The van der Waals surface area contributed by atoms with E-state index >= 15 is 0 Å². The van der Waals surface area contributed by atoms with Crippen molar-refractivity contribution in [2.24, 2.45) is 4.40 Å². The van der Waals surface area contributed by atoms with Crippen LogP contribution in [-0.4, -0.2) is 30.9 Å². The fraction of sp³-hybridized carbons (Fsp3) is 0.125. The number of hydrogen-bond donors (Lipinski definition) is 0. The lowest BCUT2D eigenvalue weighted by Crippen LogP contribution is -2.29. The van der Waals surface area contributed by atoms with Crippen molar-refractivity contribution in [1.82, 2.24) is 4.90 Å². The van der Waals surface area contributed by atoms with E-state index in [-0.39, 0.29) is 15.3 Å². The topological polar surface area (TPSA) is 66.8 Å². The highest BCUT2D eigenvalue weighted by Gasteiger charge is 2.34. The second-order valence-corrected chi connectivity index (χ2v) is 9.53. The second kappa shape index (κ2) is 7.33. The van der Waals surface area contributed by atoms with Crippen LogP contribution in [0.1, 0.15) is 12.5 Å². The number of nitrogens with zero attached hydrogens (tertiary/aromatic N) is 2. The molecular formula is C16H13ClN2O3S3. The molecule has 1 aliphatic heterocycles. The summed E-state index contributed by atoms with van der Waals surface area (Å²) in [4.78, 5) is 14.3. The molecule has 0 aliphatic carbocycles. The van der Waals surface area contributed by atoms with E-state index in [9.17, 15) is 13.2 Å². The number of thioether (sulfide) groups is 1. The fourth-order valence-corrected chi connectivity index (χ4v) is 5.85. The minimum absolute atomic E-state index is 0.0505. The van der Waals surface area contributed by atoms with Crippen molar-refractivity contribution in [2.75, 3.05) is 6.54 Å². The first kappa shape index (κ1) is 18.2. The summed E-state index contributed by atoms with van der Waals surface area (Å²) >= 11 is 7.79. The quantitative estimate of drug-likeness (QED) is 0.709. The Balaban J connectivity index is 1.96. The summed E-state index contributed by atoms with van der Waals surface area (Å²) in [7, 11) is -3.91. The van der Waals surface area contributed by atoms with Crippen LogP contribution in [0.5, 0.6) is 0 Å². The Labute approximate surface area is 159 Å². The van der Waals surface area contributed by atoms with E-state index in [0.717, 1.165) is 28.7 Å². The van der Waals surface area contributed by atoms with Crippen LogP contribution in [0, 0.1) is 0 Å². The van der Waals surface area contributed by atoms with Gasteiger partial charge in [-0.2, -0.15) is 8.42 Å². The molecule has 9 heteroatoms. The van der Waals surface area contributed by atoms with Crippen molar-refractivity contribution in [3.05, 3.63) is 57.3 Å². The average molecular weight is 413 g/mol. The molecule has 0 saturated carbocycles. The molecule has 1 aliphatic rings. The van der Waals surface area contributed by atoms with Gasteiger partial charge in [0, 0.05) is 6.54 Å². The molecule has 1 aromatic carbocycles. The molecule has 1 aromatic heterocycles. The number of carbonyl (C=O) groups excluding carboxylic acids is 1. The summed E-state index contributed by atoms with van der Waals surface area (Å²) in [6.07, 6.45) is 1.73. The van der Waals surface area contributed by atoms with Crippen molar-refractivity contribution < 1.29 is 13.2 Å². The highest BCUT2D eigenvalue weighted by molar-refractivity contribution is 8.19. The third kappa shape index (κ3) is 3.98. The van der Waals surface area contributed by atoms with Crippen LogP contribution in [0.3, 0.4) is 0 Å². The summed E-state index contributed by atoms with van der Waals surface area (Å²) in [5, 5.41) is 0.152. The molecule has 0 spiro atoms. The van der Waals surface area contributed by atoms with Crippen molar-refractivity contribution >= 4 is 61.9 Å². The number of sulfonamides is 1. The largest absolute Gasteiger partial charge is 0.294 e. The van der Waals surface area contributed by atoms with Gasteiger partial charge < -0.3 is 0 Å². The Morgan fingerprint density at radius 2 is 1.92 bits per heavy atom. The molecule has 0 unspecified atom stereocenters. The van der Waals surface area contributed by atoms with Crippen molar-refractivity contribution in [3.63, 3.8) is 0 Å². The van der Waals surface area contributed by atoms with Crippen LogP contribution in [-0.2, 0) is 14.8 Å². The molecule has 0 bridgehead atoms. The Hall–Kier alpha value is -1.61. The molecule has 5 nitrogen and oxygen atoms in total. The van der Waals surface area contributed by atoms with Gasteiger partial charge in [-0.1, -0.05) is 41.9 Å². The molecule has 0 radical (unpaired) electrons. The SMILES string of the molecule is CCN1C(=O)/C(=C/c2ccccc2)S/C1=N/S(=O)(=O)c1ccc(Cl)s1. The van der Waals surface area contributed by atoms with E-state index in [1.807, 2.05) is 30.3 Å². The van der Waals surface area contributed by atoms with Gasteiger partial charge >= 0.3 is 0 Å². The number of thiophene rings is 1. The Bertz CT molecular complexity index is 966. The fourth-order valence-electron chi connectivity index (χ4n) is 2.14. The molecule has 0 N–H and O–H groups in total. The number of rotatable bonds is 4. The number of benzene rings is 1. The van der Waals surface area contributed by atoms with Gasteiger partial charge in [0.25, 0.3) is 15.9 Å². The maximum Gasteiger partial charge on any atom is 0.294 e. The van der Waals surface area contributed by atoms with E-state index in [4.69, 9.17) is 11.6 Å². The minimum atomic E-state index is -3.91. The zero-order chi connectivity index (χ0) is 18.0. The van der Waals surface area contributed by atoms with Gasteiger partial charge in [-0.15, -0.1) is 15.7 Å². The zero-order valence-electron chi connectivity index (χ0n) is 13.0. The first-order chi connectivity index (χ1) is 11.9. The number of amidine groups is 1. The van der Waals surface area contributed by atoms with Crippen LogP contribution in [0.15, 0.2) is 56.0 Å². The highest BCUT2D eigenvalue weighted by Crippen LogP contribution is 2.34. The molecular weight excluding hydrogens is 400 g/mol. The molecule has 25 heavy (non-hydrogen) atoms. The maximum absolute atomic E-state index is 12.5. The lowest BCUT2D eigenvalue weighted by Gasteiger charge is -2.11. The first-order valence-corrected chi connectivity index (χ1v) is 10.7. The number of amides is 1. The maximum atomic E-state index is 12.5. The van der Waals surface area contributed by atoms with Gasteiger partial charge in [-0.3, -0.25) is 9.69 Å². The van der Waals surface area contributed by atoms with Crippen LogP contribution < -0.4 is 0 Å². The van der Waals surface area contributed by atoms with Crippen molar-refractivity contribution in [1.29, 1.82) is 0 Å². The predicted octanol–water partition coefficient (Wildman–Crippen LogP) is 4.08. The zero-order valence-corrected chi connectivity index (χ0v) is 16.3. The van der Waals surface area contributed by atoms with Gasteiger partial charge in [-0.05, 0) is 42.5 Å². The predicted molar refractivity (Wildman–Crippen MR) is 103 cm³/mol. The summed E-state index contributed by atoms with van der Waals surface area (Å²) < 4.78 is 29.1. The summed E-state index contributed by atoms with van der Waals surface area (Å²) in [5.74, 6) is -0.255. The number of carbonyl (C=O) groups is 1. The number of likely N-dealkylation sites (N-methyl/N-ethyl adjacent to an activating group) is 1. The van der Waals surface area contributed by atoms with Gasteiger partial charge in [0.1, 0.15) is 4.21 Å². The van der Waals surface area contributed by atoms with Crippen LogP contribution in [0.4, 0.5) is 0 Å². The monoisotopic (exact) mass is 412 g/mol. The number of halogens is 1. The molecule has 3 rings (SSSR count). The van der Waals surface area contributed by atoms with E-state index in [1.165, 1.54) is 17.0 Å². The normalized spacial score (nSPS) is 18.5. The smallest absolute Gasteiger partial charge is 0.286 e. The van der Waals surface area contributed by atoms with Crippen LogP contribution in [0.25, 0.3) is 6.08 Å². The van der Waals surface area contributed by atoms with Gasteiger partial charge in [0.05, 0.1) is 9.24 Å². The molecule has 2 heterocycles. The molecule has 2 aromatic rings. The first-order valence-electron chi connectivity index (χ1n) is 7.27. The van der Waals surface area contributed by atoms with Crippen molar-refractivity contribution in [2.45, 2.75) is 11.1 Å². The van der Waals surface area contributed by atoms with Crippen molar-refractivity contribution in [3.8, 4) is 0 Å². The lowest BCUT2D eigenvalue weighted by molar-refractivity contribution is -0.122. The van der Waals surface area contributed by atoms with E-state index in [0.29, 0.717) is 15.8 Å². The Morgan fingerprint density at radius 1 is 1.20 bits per heavy atom. The molecule has 0 atom stereocenters. The molecule has 1 saturated heterocycles. The van der Waals surface area contributed by atoms with Crippen LogP contribution >= 0.6 is 34.7 Å². The summed E-state index contributed by atoms with van der Waals surface area (Å²) in [6.45, 7) is 2.10. The van der Waals surface area contributed by atoms with E-state index in [2.05, 4.69) is 4.40 Å². The molecule has 130 valence electrons. The van der Waals surface area contributed by atoms with Gasteiger partial charge in [-0.25, -0.2) is 0 Å². The van der Waals surface area contributed by atoms with Gasteiger partial charge in [0.15, 0.2) is 5.17 Å². The Kier molecular flexibility index (Phi) is 5.33. The standard InChI is InChI=1S/C16H13ClN2O3S3/c1-2-19-15(20)12(10-11-6-4-3-5-7-11)23-16(19)18-25(21,22)14-9-8-13(17)24-14/h3-10H,2H2,1H3/b12-10-,18-16+. The lowest BCUT2D eigenvalue weighted by atomic mass is 10.2. The Morgan fingerprint density at radius 3 is 2.52 bits per heavy atom. The second-order valence-electron chi connectivity index (χ2n) is 4.98. The third-order valence-electron chi connectivity index (χ3n) is 3.30. The van der Waals surface area contributed by atoms with Gasteiger partial charge in [0.2, 0.25) is 0 Å². The van der Waals surface area contributed by atoms with E-state index in [1.54, 1.807) is 13.0 Å². The third-order valence-corrected chi connectivity index (χ3v) is 7.39. The highest BCUT2D eigenvalue weighted by atomic mass is 35.5. The summed E-state index contributed by atoms with van der Waals surface area (Å²) in [6, 6.07) is 12.3.